The molecular weight excluding hydrogens is 360 g/mol. The lowest BCUT2D eigenvalue weighted by atomic mass is 10.1. The van der Waals surface area contributed by atoms with Gasteiger partial charge in [-0.25, -0.2) is 19.6 Å². The maximum atomic E-state index is 11.9. The van der Waals surface area contributed by atoms with Crippen LogP contribution in [0.25, 0.3) is 11.0 Å². The van der Waals surface area contributed by atoms with Crippen LogP contribution in [0.4, 0.5) is 4.79 Å². The fraction of sp³-hybridized carbons (Fsp3) is 0.176. The zero-order chi connectivity index (χ0) is 18.5. The van der Waals surface area contributed by atoms with Crippen LogP contribution in [0, 0.1) is 0 Å². The van der Waals surface area contributed by atoms with Gasteiger partial charge in [0, 0.05) is 12.6 Å². The van der Waals surface area contributed by atoms with Crippen molar-refractivity contribution in [3.05, 3.63) is 59.1 Å². The molecule has 0 aliphatic carbocycles. The summed E-state index contributed by atoms with van der Waals surface area (Å²) in [5.74, 6) is -1.19. The number of carboxylic acids is 1. The first kappa shape index (κ1) is 17.7. The number of nitrogens with zero attached hydrogens (tertiary/aromatic N) is 2. The number of rotatable bonds is 6. The fourth-order valence-electron chi connectivity index (χ4n) is 2.47. The van der Waals surface area contributed by atoms with Gasteiger partial charge in [-0.1, -0.05) is 41.9 Å². The van der Waals surface area contributed by atoms with Gasteiger partial charge in [-0.2, -0.15) is 0 Å². The number of carbonyl (C=O) groups is 2. The number of aromatic amines is 1. The van der Waals surface area contributed by atoms with Crippen molar-refractivity contribution in [3.8, 4) is 0 Å². The van der Waals surface area contributed by atoms with Crippen LogP contribution < -0.4 is 5.32 Å². The number of fused-ring (bicyclic) bond motifs is 1. The smallest absolute Gasteiger partial charge is 0.408 e. The van der Waals surface area contributed by atoms with Gasteiger partial charge in [-0.05, 0) is 11.1 Å². The van der Waals surface area contributed by atoms with Gasteiger partial charge in [0.05, 0.1) is 5.39 Å². The predicted molar refractivity (Wildman–Crippen MR) is 93.8 cm³/mol. The van der Waals surface area contributed by atoms with Crippen LogP contribution in [0.15, 0.2) is 42.9 Å². The average molecular weight is 375 g/mol. The monoisotopic (exact) mass is 374 g/mol. The fourth-order valence-corrected chi connectivity index (χ4v) is 2.73. The lowest BCUT2D eigenvalue weighted by Crippen LogP contribution is -2.42. The topological polar surface area (TPSA) is 117 Å². The highest BCUT2D eigenvalue weighted by Gasteiger charge is 2.23. The van der Waals surface area contributed by atoms with E-state index in [4.69, 9.17) is 16.3 Å². The molecule has 1 aromatic carbocycles. The molecule has 2 heterocycles. The van der Waals surface area contributed by atoms with Crippen LogP contribution in [0.2, 0.25) is 5.15 Å². The van der Waals surface area contributed by atoms with Gasteiger partial charge < -0.3 is 20.1 Å². The quantitative estimate of drug-likeness (QED) is 0.571. The highest BCUT2D eigenvalue weighted by Crippen LogP contribution is 2.24. The van der Waals surface area contributed by atoms with E-state index in [0.717, 1.165) is 5.56 Å². The molecule has 3 aromatic rings. The molecule has 0 aliphatic heterocycles. The number of alkyl carbamates (subject to hydrolysis) is 1. The van der Waals surface area contributed by atoms with Crippen LogP contribution in [-0.2, 0) is 22.6 Å². The summed E-state index contributed by atoms with van der Waals surface area (Å²) in [5.41, 5.74) is 1.88. The minimum absolute atomic E-state index is 0.00284. The summed E-state index contributed by atoms with van der Waals surface area (Å²) in [6.45, 7) is 0.0474. The lowest BCUT2D eigenvalue weighted by Gasteiger charge is -2.14. The second kappa shape index (κ2) is 7.83. The van der Waals surface area contributed by atoms with E-state index >= 15 is 0 Å². The first-order chi connectivity index (χ1) is 12.5. The van der Waals surface area contributed by atoms with Gasteiger partial charge in [0.25, 0.3) is 0 Å². The number of hydrogen-bond acceptors (Lipinski definition) is 5. The van der Waals surface area contributed by atoms with Crippen LogP contribution in [0.3, 0.4) is 0 Å². The van der Waals surface area contributed by atoms with Crippen LogP contribution in [0.1, 0.15) is 11.1 Å². The number of nitrogens with one attached hydrogen (secondary N) is 2. The molecule has 3 N–H and O–H groups in total. The van der Waals surface area contributed by atoms with Gasteiger partial charge >= 0.3 is 12.1 Å². The maximum absolute atomic E-state index is 11.9. The van der Waals surface area contributed by atoms with Gasteiger partial charge in [0.15, 0.2) is 0 Å². The van der Waals surface area contributed by atoms with E-state index in [1.807, 2.05) is 18.2 Å². The number of halogens is 1. The molecule has 0 aliphatic rings. The molecule has 26 heavy (non-hydrogen) atoms. The number of ether oxygens (including phenoxy) is 1. The number of H-pyrrole nitrogens is 1. The van der Waals surface area contributed by atoms with E-state index in [9.17, 15) is 14.7 Å². The van der Waals surface area contributed by atoms with Gasteiger partial charge in [-0.15, -0.1) is 0 Å². The van der Waals surface area contributed by atoms with E-state index in [1.54, 1.807) is 18.3 Å². The minimum atomic E-state index is -1.19. The summed E-state index contributed by atoms with van der Waals surface area (Å²) >= 11 is 6.06. The number of aliphatic carboxylic acids is 1. The molecule has 0 fully saturated rings. The molecule has 2 aromatic heterocycles. The molecule has 134 valence electrons. The summed E-state index contributed by atoms with van der Waals surface area (Å²) in [6, 6.07) is 7.90. The number of carbonyl (C=O) groups excluding carboxylic acids is 1. The van der Waals surface area contributed by atoms with E-state index in [0.29, 0.717) is 16.6 Å². The molecule has 1 unspecified atom stereocenters. The second-order valence-corrected chi connectivity index (χ2v) is 5.86. The molecule has 0 spiro atoms. The highest BCUT2D eigenvalue weighted by atomic mass is 35.5. The Kier molecular flexibility index (Phi) is 5.33. The summed E-state index contributed by atoms with van der Waals surface area (Å²) < 4.78 is 5.07. The first-order valence-corrected chi connectivity index (χ1v) is 8.09. The Labute approximate surface area is 153 Å². The third kappa shape index (κ3) is 4.09. The minimum Gasteiger partial charge on any atom is -0.480 e. The third-order valence-corrected chi connectivity index (χ3v) is 4.02. The molecule has 8 nitrogen and oxygen atoms in total. The van der Waals surface area contributed by atoms with Crippen molar-refractivity contribution in [1.29, 1.82) is 0 Å². The normalized spacial score (nSPS) is 11.9. The first-order valence-electron chi connectivity index (χ1n) is 7.71. The van der Waals surface area contributed by atoms with Crippen LogP contribution >= 0.6 is 11.6 Å². The predicted octanol–water partition coefficient (Wildman–Crippen LogP) is 2.53. The summed E-state index contributed by atoms with van der Waals surface area (Å²) in [5, 5.41) is 12.5. The number of carboxylic acid groups (broad SMARTS) is 1. The Morgan fingerprint density at radius 1 is 1.27 bits per heavy atom. The van der Waals surface area contributed by atoms with E-state index < -0.39 is 18.1 Å². The van der Waals surface area contributed by atoms with Crippen molar-refractivity contribution in [2.75, 3.05) is 0 Å². The van der Waals surface area contributed by atoms with E-state index in [2.05, 4.69) is 20.3 Å². The van der Waals surface area contributed by atoms with E-state index in [1.165, 1.54) is 6.33 Å². The highest BCUT2D eigenvalue weighted by molar-refractivity contribution is 6.34. The standard InChI is InChI=1S/C17H15ClN4O4/c18-14-13-11(7-19-15(13)21-9-20-14)6-12(16(23)24)22-17(25)26-8-10-4-2-1-3-5-10/h1-5,7,9,12H,6,8H2,(H,22,25)(H,23,24)(H,19,20,21). The van der Waals surface area contributed by atoms with Crippen molar-refractivity contribution < 1.29 is 19.4 Å². The molecule has 3 rings (SSSR count). The number of hydrogen-bond donors (Lipinski definition) is 3. The zero-order valence-corrected chi connectivity index (χ0v) is 14.2. The number of aromatic nitrogens is 3. The largest absolute Gasteiger partial charge is 0.480 e. The summed E-state index contributed by atoms with van der Waals surface area (Å²) in [7, 11) is 0. The lowest BCUT2D eigenvalue weighted by molar-refractivity contribution is -0.139. The maximum Gasteiger partial charge on any atom is 0.408 e. The Bertz CT molecular complexity index is 929. The Hall–Kier alpha value is -3.13. The van der Waals surface area contributed by atoms with Crippen molar-refractivity contribution in [1.82, 2.24) is 20.3 Å². The van der Waals surface area contributed by atoms with Crippen molar-refractivity contribution in [3.63, 3.8) is 0 Å². The second-order valence-electron chi connectivity index (χ2n) is 5.50. The SMILES string of the molecule is O=C(NC(Cc1c[nH]c2ncnc(Cl)c12)C(=O)O)OCc1ccccc1. The van der Waals surface area contributed by atoms with Gasteiger partial charge in [0.1, 0.15) is 29.8 Å². The van der Waals surface area contributed by atoms with Crippen molar-refractivity contribution in [2.45, 2.75) is 19.1 Å². The molecule has 1 amide bonds. The Balaban J connectivity index is 1.67. The van der Waals surface area contributed by atoms with Crippen molar-refractivity contribution >= 4 is 34.7 Å². The number of amides is 1. The van der Waals surface area contributed by atoms with Gasteiger partial charge in [-0.3, -0.25) is 0 Å². The number of benzene rings is 1. The van der Waals surface area contributed by atoms with Crippen molar-refractivity contribution in [2.24, 2.45) is 0 Å². The van der Waals surface area contributed by atoms with E-state index in [-0.39, 0.29) is 18.2 Å². The molecule has 9 heteroatoms. The molecule has 0 saturated heterocycles. The van der Waals surface area contributed by atoms with Crippen LogP contribution in [-0.4, -0.2) is 38.2 Å². The average Bonchev–Trinajstić information content (AvgIpc) is 3.04. The third-order valence-electron chi connectivity index (χ3n) is 3.73. The van der Waals surface area contributed by atoms with Gasteiger partial charge in [0.2, 0.25) is 0 Å². The molecule has 0 radical (unpaired) electrons. The molecule has 0 saturated carbocycles. The zero-order valence-electron chi connectivity index (χ0n) is 13.5. The molecule has 0 bridgehead atoms. The summed E-state index contributed by atoms with van der Waals surface area (Å²) in [4.78, 5) is 34.3. The summed E-state index contributed by atoms with van der Waals surface area (Å²) in [6.07, 6.45) is 2.09. The molecule has 1 atom stereocenters. The molecular formula is C17H15ClN4O4. The Morgan fingerprint density at radius 3 is 2.77 bits per heavy atom. The van der Waals surface area contributed by atoms with Crippen LogP contribution in [0.5, 0.6) is 0 Å². The Morgan fingerprint density at radius 2 is 2.04 bits per heavy atom.